The molecule has 0 radical (unpaired) electrons. The zero-order valence-corrected chi connectivity index (χ0v) is 11.7. The molecule has 0 spiro atoms. The lowest BCUT2D eigenvalue weighted by molar-refractivity contribution is -0.133. The van der Waals surface area contributed by atoms with E-state index in [-0.39, 0.29) is 5.75 Å². The molecule has 0 aromatic carbocycles. The van der Waals surface area contributed by atoms with E-state index in [0.29, 0.717) is 12.0 Å². The van der Waals surface area contributed by atoms with Gasteiger partial charge in [-0.15, -0.1) is 10.2 Å². The van der Waals surface area contributed by atoms with Crippen molar-refractivity contribution in [3.63, 3.8) is 0 Å². The summed E-state index contributed by atoms with van der Waals surface area (Å²) in [5, 5.41) is 18.2. The number of hydrogen-bond acceptors (Lipinski definition) is 4. The van der Waals surface area contributed by atoms with E-state index >= 15 is 0 Å². The van der Waals surface area contributed by atoms with Crippen molar-refractivity contribution in [2.24, 2.45) is 0 Å². The van der Waals surface area contributed by atoms with Gasteiger partial charge in [0, 0.05) is 12.0 Å². The maximum Gasteiger partial charge on any atom is 0.313 e. The molecule has 2 fully saturated rings. The summed E-state index contributed by atoms with van der Waals surface area (Å²) in [6, 6.07) is 0.482. The predicted molar refractivity (Wildman–Crippen MR) is 72.5 cm³/mol. The minimum Gasteiger partial charge on any atom is -0.481 e. The minimum absolute atomic E-state index is 0.0650. The molecular formula is C13H19N3O2S. The van der Waals surface area contributed by atoms with Crippen LogP contribution in [-0.2, 0) is 4.79 Å². The number of rotatable bonds is 5. The Hall–Kier alpha value is -1.04. The van der Waals surface area contributed by atoms with Crippen molar-refractivity contribution in [1.82, 2.24) is 14.8 Å². The van der Waals surface area contributed by atoms with Gasteiger partial charge in [0.25, 0.3) is 0 Å². The van der Waals surface area contributed by atoms with Crippen molar-refractivity contribution in [1.29, 1.82) is 0 Å². The Morgan fingerprint density at radius 3 is 2.58 bits per heavy atom. The molecule has 0 bridgehead atoms. The Kier molecular flexibility index (Phi) is 3.77. The number of thioether (sulfide) groups is 1. The number of aliphatic carboxylic acids is 1. The van der Waals surface area contributed by atoms with E-state index in [1.807, 2.05) is 0 Å². The summed E-state index contributed by atoms with van der Waals surface area (Å²) in [5.74, 6) is 0.930. The van der Waals surface area contributed by atoms with Gasteiger partial charge < -0.3 is 9.67 Å². The second-order valence-corrected chi connectivity index (χ2v) is 6.40. The molecule has 1 aromatic rings. The molecule has 1 heterocycles. The molecular weight excluding hydrogens is 262 g/mol. The fourth-order valence-electron chi connectivity index (χ4n) is 2.82. The summed E-state index contributed by atoms with van der Waals surface area (Å²) in [6.45, 7) is 0. The van der Waals surface area contributed by atoms with Gasteiger partial charge in [-0.2, -0.15) is 0 Å². The molecule has 0 aliphatic heterocycles. The second-order valence-electron chi connectivity index (χ2n) is 5.46. The third kappa shape index (κ3) is 2.94. The maximum atomic E-state index is 10.7. The number of aromatic nitrogens is 3. The highest BCUT2D eigenvalue weighted by Crippen LogP contribution is 2.43. The molecule has 3 rings (SSSR count). The molecule has 2 aliphatic rings. The van der Waals surface area contributed by atoms with E-state index in [1.165, 1.54) is 56.7 Å². The summed E-state index contributed by atoms with van der Waals surface area (Å²) in [6.07, 6.45) is 8.60. The first-order chi connectivity index (χ1) is 9.25. The van der Waals surface area contributed by atoms with Crippen LogP contribution in [0.25, 0.3) is 0 Å². The molecule has 0 unspecified atom stereocenters. The zero-order chi connectivity index (χ0) is 13.2. The molecule has 6 heteroatoms. The average Bonchev–Trinajstić information content (AvgIpc) is 3.17. The monoisotopic (exact) mass is 281 g/mol. The SMILES string of the molecule is O=C(O)CSc1nnc(C2CC2)n1C1CCCCC1. The summed E-state index contributed by atoms with van der Waals surface area (Å²) in [5.41, 5.74) is 0. The van der Waals surface area contributed by atoms with Crippen LogP contribution in [0.5, 0.6) is 0 Å². The lowest BCUT2D eigenvalue weighted by atomic mass is 9.95. The Balaban J connectivity index is 1.83. The lowest BCUT2D eigenvalue weighted by Crippen LogP contribution is -2.16. The van der Waals surface area contributed by atoms with E-state index in [0.717, 1.165) is 11.0 Å². The quantitative estimate of drug-likeness (QED) is 0.840. The second kappa shape index (κ2) is 5.53. The van der Waals surface area contributed by atoms with Crippen molar-refractivity contribution in [2.45, 2.75) is 62.1 Å². The lowest BCUT2D eigenvalue weighted by Gasteiger charge is -2.25. The van der Waals surface area contributed by atoms with Gasteiger partial charge >= 0.3 is 5.97 Å². The van der Waals surface area contributed by atoms with Crippen molar-refractivity contribution >= 4 is 17.7 Å². The topological polar surface area (TPSA) is 68.0 Å². The number of carbonyl (C=O) groups is 1. The Morgan fingerprint density at radius 1 is 1.21 bits per heavy atom. The molecule has 0 saturated heterocycles. The largest absolute Gasteiger partial charge is 0.481 e. The number of carboxylic acids is 1. The first-order valence-electron chi connectivity index (χ1n) is 7.05. The average molecular weight is 281 g/mol. The molecule has 5 nitrogen and oxygen atoms in total. The fourth-order valence-corrected chi connectivity index (χ4v) is 3.55. The fraction of sp³-hybridized carbons (Fsp3) is 0.769. The highest BCUT2D eigenvalue weighted by molar-refractivity contribution is 7.99. The van der Waals surface area contributed by atoms with Crippen molar-refractivity contribution in [3.8, 4) is 0 Å². The van der Waals surface area contributed by atoms with Crippen LogP contribution in [0.15, 0.2) is 5.16 Å². The van der Waals surface area contributed by atoms with Crippen LogP contribution in [-0.4, -0.2) is 31.6 Å². The third-order valence-electron chi connectivity index (χ3n) is 3.90. The predicted octanol–water partition coefficient (Wildman–Crippen LogP) is 2.84. The molecule has 104 valence electrons. The van der Waals surface area contributed by atoms with Crippen LogP contribution >= 0.6 is 11.8 Å². The zero-order valence-electron chi connectivity index (χ0n) is 10.9. The molecule has 1 aromatic heterocycles. The minimum atomic E-state index is -0.795. The molecule has 2 saturated carbocycles. The van der Waals surface area contributed by atoms with Crippen LogP contribution in [0.4, 0.5) is 0 Å². The van der Waals surface area contributed by atoms with Crippen molar-refractivity contribution in [3.05, 3.63) is 5.82 Å². The van der Waals surface area contributed by atoms with Gasteiger partial charge in [0.2, 0.25) is 0 Å². The molecule has 19 heavy (non-hydrogen) atoms. The van der Waals surface area contributed by atoms with Gasteiger partial charge in [-0.1, -0.05) is 31.0 Å². The van der Waals surface area contributed by atoms with Crippen LogP contribution in [0.3, 0.4) is 0 Å². The highest BCUT2D eigenvalue weighted by atomic mass is 32.2. The van der Waals surface area contributed by atoms with E-state index in [2.05, 4.69) is 14.8 Å². The van der Waals surface area contributed by atoms with Gasteiger partial charge in [-0.05, 0) is 25.7 Å². The Morgan fingerprint density at radius 2 is 1.95 bits per heavy atom. The molecule has 0 amide bonds. The van der Waals surface area contributed by atoms with Crippen LogP contribution in [0, 0.1) is 0 Å². The summed E-state index contributed by atoms with van der Waals surface area (Å²) in [4.78, 5) is 10.7. The maximum absolute atomic E-state index is 10.7. The van der Waals surface area contributed by atoms with E-state index in [4.69, 9.17) is 5.11 Å². The highest BCUT2D eigenvalue weighted by Gasteiger charge is 2.33. The molecule has 2 aliphatic carbocycles. The summed E-state index contributed by atoms with van der Waals surface area (Å²) in [7, 11) is 0. The van der Waals surface area contributed by atoms with Crippen LogP contribution in [0.1, 0.15) is 62.7 Å². The van der Waals surface area contributed by atoms with Gasteiger partial charge in [-0.3, -0.25) is 4.79 Å². The Labute approximate surface area is 116 Å². The van der Waals surface area contributed by atoms with E-state index < -0.39 is 5.97 Å². The number of carboxylic acid groups (broad SMARTS) is 1. The van der Waals surface area contributed by atoms with Gasteiger partial charge in [0.05, 0.1) is 5.75 Å². The number of nitrogens with zero attached hydrogens (tertiary/aromatic N) is 3. The van der Waals surface area contributed by atoms with Crippen molar-refractivity contribution < 1.29 is 9.90 Å². The smallest absolute Gasteiger partial charge is 0.313 e. The van der Waals surface area contributed by atoms with Crippen LogP contribution < -0.4 is 0 Å². The molecule has 0 atom stereocenters. The first kappa shape index (κ1) is 13.0. The Bertz CT molecular complexity index is 464. The summed E-state index contributed by atoms with van der Waals surface area (Å²) < 4.78 is 2.25. The van der Waals surface area contributed by atoms with Gasteiger partial charge in [-0.25, -0.2) is 0 Å². The van der Waals surface area contributed by atoms with Gasteiger partial charge in [0.1, 0.15) is 5.82 Å². The third-order valence-corrected chi connectivity index (χ3v) is 4.83. The van der Waals surface area contributed by atoms with Gasteiger partial charge in [0.15, 0.2) is 5.16 Å². The standard InChI is InChI=1S/C13H19N3O2S/c17-11(18)8-19-13-15-14-12(9-6-7-9)16(13)10-4-2-1-3-5-10/h9-10H,1-8H2,(H,17,18). The normalized spacial score (nSPS) is 20.6. The van der Waals surface area contributed by atoms with E-state index in [1.54, 1.807) is 0 Å². The van der Waals surface area contributed by atoms with E-state index in [9.17, 15) is 4.79 Å². The van der Waals surface area contributed by atoms with Crippen LogP contribution in [0.2, 0.25) is 0 Å². The first-order valence-corrected chi connectivity index (χ1v) is 8.03. The number of hydrogen-bond donors (Lipinski definition) is 1. The molecule has 1 N–H and O–H groups in total. The van der Waals surface area contributed by atoms with Crippen molar-refractivity contribution in [2.75, 3.05) is 5.75 Å². The summed E-state index contributed by atoms with van der Waals surface area (Å²) >= 11 is 1.30.